The van der Waals surface area contributed by atoms with E-state index in [-0.39, 0.29) is 12.2 Å². The van der Waals surface area contributed by atoms with Crippen LogP contribution in [0.5, 0.6) is 5.75 Å². The first-order chi connectivity index (χ1) is 16.1. The number of benzene rings is 2. The molecular weight excluding hydrogens is 458 g/mol. The van der Waals surface area contributed by atoms with Gasteiger partial charge in [0.15, 0.2) is 5.78 Å². The predicted molar refractivity (Wildman–Crippen MR) is 127 cm³/mol. The zero-order chi connectivity index (χ0) is 24.7. The van der Waals surface area contributed by atoms with Crippen LogP contribution < -0.4 is 14.4 Å². The lowest BCUT2D eigenvalue weighted by Gasteiger charge is -2.22. The van der Waals surface area contributed by atoms with Gasteiger partial charge in [0.05, 0.1) is 25.1 Å². The molecule has 4 rings (SSSR count). The van der Waals surface area contributed by atoms with E-state index in [0.717, 1.165) is 16.0 Å². The molecule has 0 saturated carbocycles. The Kier molecular flexibility index (Phi) is 6.11. The molecule has 2 aliphatic rings. The summed E-state index contributed by atoms with van der Waals surface area (Å²) in [5.41, 5.74) is 1.20. The summed E-state index contributed by atoms with van der Waals surface area (Å²) in [6.45, 7) is 3.15. The van der Waals surface area contributed by atoms with E-state index in [9.17, 15) is 22.8 Å². The third-order valence-electron chi connectivity index (χ3n) is 6.34. The summed E-state index contributed by atoms with van der Waals surface area (Å²) in [6.07, 6.45) is 0.711. The van der Waals surface area contributed by atoms with Gasteiger partial charge in [-0.05, 0) is 55.7 Å². The largest absolute Gasteiger partial charge is 0.496 e. The maximum atomic E-state index is 13.2. The van der Waals surface area contributed by atoms with E-state index in [0.29, 0.717) is 30.0 Å². The molecule has 2 aromatic carbocycles. The molecule has 9 nitrogen and oxygen atoms in total. The number of Topliss-reactive ketones (excluding diaryl/α,β-unsaturated/α-hetero) is 1. The van der Waals surface area contributed by atoms with E-state index in [4.69, 9.17) is 4.74 Å². The van der Waals surface area contributed by atoms with E-state index in [1.165, 1.54) is 17.5 Å². The Bertz CT molecular complexity index is 1280. The monoisotopic (exact) mass is 485 g/mol. The number of hydrogen-bond donors (Lipinski definition) is 1. The van der Waals surface area contributed by atoms with Gasteiger partial charge in [0.1, 0.15) is 11.3 Å². The molecule has 0 bridgehead atoms. The highest BCUT2D eigenvalue weighted by atomic mass is 32.2. The van der Waals surface area contributed by atoms with Gasteiger partial charge >= 0.3 is 6.03 Å². The third-order valence-corrected chi connectivity index (χ3v) is 8.12. The number of urea groups is 1. The van der Waals surface area contributed by atoms with Crippen LogP contribution >= 0.6 is 0 Å². The molecule has 0 unspecified atom stereocenters. The fourth-order valence-corrected chi connectivity index (χ4v) is 5.62. The van der Waals surface area contributed by atoms with Crippen molar-refractivity contribution >= 4 is 33.4 Å². The number of nitrogens with zero attached hydrogens (tertiary/aromatic N) is 2. The second-order valence-electron chi connectivity index (χ2n) is 8.63. The van der Waals surface area contributed by atoms with Gasteiger partial charge in [-0.1, -0.05) is 18.2 Å². The molecule has 0 radical (unpaired) electrons. The SMILES string of the molecule is CCS(=O)(=O)N1CCc2cc(C(=O)CN3C(=O)N[C@](C)(Cc4ccccc4OC)C3=O)ccc21. The fraction of sp³-hybridized carbons (Fsp3) is 0.375. The van der Waals surface area contributed by atoms with Gasteiger partial charge < -0.3 is 10.1 Å². The van der Waals surface area contributed by atoms with Crippen molar-refractivity contribution in [3.05, 3.63) is 59.2 Å². The highest BCUT2D eigenvalue weighted by Gasteiger charge is 2.48. The Balaban J connectivity index is 1.51. The number of carbonyl (C=O) groups is 3. The van der Waals surface area contributed by atoms with E-state index in [1.54, 1.807) is 32.0 Å². The second-order valence-corrected chi connectivity index (χ2v) is 10.8. The number of anilines is 1. The van der Waals surface area contributed by atoms with Gasteiger partial charge in [0.25, 0.3) is 5.91 Å². The van der Waals surface area contributed by atoms with Crippen molar-refractivity contribution in [2.24, 2.45) is 0 Å². The lowest BCUT2D eigenvalue weighted by molar-refractivity contribution is -0.130. The average Bonchev–Trinajstić information content (AvgIpc) is 3.34. The molecule has 3 amide bonds. The van der Waals surface area contributed by atoms with Crippen molar-refractivity contribution in [1.82, 2.24) is 10.2 Å². The molecule has 2 aromatic rings. The molecule has 34 heavy (non-hydrogen) atoms. The van der Waals surface area contributed by atoms with Crippen LogP contribution in [0.3, 0.4) is 0 Å². The van der Waals surface area contributed by atoms with Crippen molar-refractivity contribution in [3.8, 4) is 5.75 Å². The van der Waals surface area contributed by atoms with E-state index in [1.807, 2.05) is 18.2 Å². The minimum Gasteiger partial charge on any atom is -0.496 e. The second kappa shape index (κ2) is 8.75. The Morgan fingerprint density at radius 1 is 1.18 bits per heavy atom. The Morgan fingerprint density at radius 3 is 2.62 bits per heavy atom. The number of fused-ring (bicyclic) bond motifs is 1. The molecule has 2 aliphatic heterocycles. The predicted octanol–water partition coefficient (Wildman–Crippen LogP) is 2.14. The first-order valence-electron chi connectivity index (χ1n) is 11.0. The zero-order valence-corrected chi connectivity index (χ0v) is 20.1. The van der Waals surface area contributed by atoms with Gasteiger partial charge in [-0.15, -0.1) is 0 Å². The van der Waals surface area contributed by atoms with Gasteiger partial charge in [-0.25, -0.2) is 13.2 Å². The lowest BCUT2D eigenvalue weighted by Crippen LogP contribution is -2.46. The van der Waals surface area contributed by atoms with Gasteiger partial charge in [0.2, 0.25) is 10.0 Å². The van der Waals surface area contributed by atoms with Crippen LogP contribution in [0, 0.1) is 0 Å². The van der Waals surface area contributed by atoms with Crippen LogP contribution in [0.15, 0.2) is 42.5 Å². The fourth-order valence-electron chi connectivity index (χ4n) is 4.46. The number of sulfonamides is 1. The Morgan fingerprint density at radius 2 is 1.91 bits per heavy atom. The number of nitrogens with one attached hydrogen (secondary N) is 1. The number of hydrogen-bond acceptors (Lipinski definition) is 6. The number of amides is 3. The summed E-state index contributed by atoms with van der Waals surface area (Å²) >= 11 is 0. The average molecular weight is 486 g/mol. The van der Waals surface area contributed by atoms with Crippen molar-refractivity contribution in [3.63, 3.8) is 0 Å². The maximum Gasteiger partial charge on any atom is 0.325 e. The minimum atomic E-state index is -3.39. The number of ketones is 1. The van der Waals surface area contributed by atoms with E-state index in [2.05, 4.69) is 5.32 Å². The van der Waals surface area contributed by atoms with Crippen LogP contribution in [0.4, 0.5) is 10.5 Å². The van der Waals surface area contributed by atoms with Crippen LogP contribution in [0.1, 0.15) is 35.3 Å². The zero-order valence-electron chi connectivity index (χ0n) is 19.3. The van der Waals surface area contributed by atoms with Crippen LogP contribution in [0.25, 0.3) is 0 Å². The Labute approximate surface area is 198 Å². The lowest BCUT2D eigenvalue weighted by atomic mass is 9.92. The highest BCUT2D eigenvalue weighted by Crippen LogP contribution is 2.32. The molecule has 2 heterocycles. The number of para-hydroxylation sites is 1. The molecule has 0 spiro atoms. The summed E-state index contributed by atoms with van der Waals surface area (Å²) in [5.74, 6) is -0.284. The number of methoxy groups -OCH3 is 1. The van der Waals surface area contributed by atoms with Crippen LogP contribution in [-0.2, 0) is 27.7 Å². The van der Waals surface area contributed by atoms with Crippen molar-refractivity contribution in [1.29, 1.82) is 0 Å². The van der Waals surface area contributed by atoms with E-state index >= 15 is 0 Å². The normalized spacial score (nSPS) is 19.9. The van der Waals surface area contributed by atoms with Crippen LogP contribution in [-0.4, -0.2) is 62.5 Å². The number of ether oxygens (including phenoxy) is 1. The molecule has 1 fully saturated rings. The number of rotatable bonds is 8. The molecule has 0 aromatic heterocycles. The molecule has 180 valence electrons. The van der Waals surface area contributed by atoms with Gasteiger partial charge in [-0.3, -0.25) is 18.8 Å². The summed E-state index contributed by atoms with van der Waals surface area (Å²) in [4.78, 5) is 39.7. The maximum absolute atomic E-state index is 13.2. The van der Waals surface area contributed by atoms with Gasteiger partial charge in [0, 0.05) is 18.5 Å². The highest BCUT2D eigenvalue weighted by molar-refractivity contribution is 7.92. The van der Waals surface area contributed by atoms with Crippen LogP contribution in [0.2, 0.25) is 0 Å². The summed E-state index contributed by atoms with van der Waals surface area (Å²) < 4.78 is 31.3. The topological polar surface area (TPSA) is 113 Å². The molecule has 0 aliphatic carbocycles. The molecule has 1 saturated heterocycles. The van der Waals surface area contributed by atoms with Crippen molar-refractivity contribution < 1.29 is 27.5 Å². The Hall–Kier alpha value is -3.40. The van der Waals surface area contributed by atoms with Crippen molar-refractivity contribution in [2.75, 3.05) is 30.3 Å². The molecule has 1 atom stereocenters. The van der Waals surface area contributed by atoms with Crippen molar-refractivity contribution in [2.45, 2.75) is 32.2 Å². The summed E-state index contributed by atoms with van der Waals surface area (Å²) in [7, 11) is -1.85. The third kappa shape index (κ3) is 4.13. The summed E-state index contributed by atoms with van der Waals surface area (Å²) in [6, 6.07) is 11.4. The molecular formula is C24H27N3O6S. The van der Waals surface area contributed by atoms with E-state index < -0.39 is 39.8 Å². The first-order valence-corrected chi connectivity index (χ1v) is 12.6. The number of carbonyl (C=O) groups excluding carboxylic acids is 3. The quantitative estimate of drug-likeness (QED) is 0.453. The molecule has 10 heteroatoms. The van der Waals surface area contributed by atoms with Gasteiger partial charge in [-0.2, -0.15) is 0 Å². The minimum absolute atomic E-state index is 0.00702. The number of imide groups is 1. The first kappa shape index (κ1) is 23.7. The standard InChI is InChI=1S/C24H27N3O6S/c1-4-34(31,32)27-12-11-16-13-17(9-10-19(16)27)20(28)15-26-22(29)24(2,25-23(26)30)14-18-7-5-6-8-21(18)33-3/h5-10,13H,4,11-12,14-15H2,1-3H3,(H,25,30)/t24-/m1/s1. The summed E-state index contributed by atoms with van der Waals surface area (Å²) in [5, 5.41) is 2.71. The molecule has 1 N–H and O–H groups in total. The smallest absolute Gasteiger partial charge is 0.325 e.